The number of hydrogen-bond donors (Lipinski definition) is 1. The lowest BCUT2D eigenvalue weighted by Gasteiger charge is -2.25. The first-order valence-corrected chi connectivity index (χ1v) is 7.78. The third-order valence-electron chi connectivity index (χ3n) is 4.54. The van der Waals surface area contributed by atoms with E-state index in [9.17, 15) is 9.59 Å². The maximum atomic E-state index is 12.4. The Kier molecular flexibility index (Phi) is 3.89. The van der Waals surface area contributed by atoms with Gasteiger partial charge >= 0.3 is 0 Å². The number of nitrogens with one attached hydrogen (secondary N) is 1. The van der Waals surface area contributed by atoms with E-state index in [-0.39, 0.29) is 30.3 Å². The van der Waals surface area contributed by atoms with E-state index in [2.05, 4.69) is 12.2 Å². The van der Waals surface area contributed by atoms with Gasteiger partial charge in [-0.3, -0.25) is 14.5 Å². The van der Waals surface area contributed by atoms with Gasteiger partial charge < -0.3 is 5.32 Å². The second-order valence-corrected chi connectivity index (χ2v) is 6.52. The van der Waals surface area contributed by atoms with E-state index in [0.29, 0.717) is 10.9 Å². The number of hydrogen-bond acceptors (Lipinski definition) is 3. The number of nitrogens with zero attached hydrogens (tertiary/aromatic N) is 1. The molecular formula is C16H19ClN2O2. The maximum Gasteiger partial charge on any atom is 0.234 e. The molecule has 3 atom stereocenters. The van der Waals surface area contributed by atoms with Gasteiger partial charge in [0.2, 0.25) is 11.8 Å². The summed E-state index contributed by atoms with van der Waals surface area (Å²) in [7, 11) is 0. The monoisotopic (exact) mass is 306 g/mol. The minimum absolute atomic E-state index is 0.0218. The fourth-order valence-corrected chi connectivity index (χ4v) is 3.57. The average molecular weight is 307 g/mol. The first kappa shape index (κ1) is 14.4. The molecule has 2 amide bonds. The van der Waals surface area contributed by atoms with Gasteiger partial charge in [-0.05, 0) is 43.4 Å². The molecule has 1 aliphatic heterocycles. The molecule has 1 aliphatic carbocycles. The number of carbonyl (C=O) groups excluding carboxylic acids is 2. The Hall–Kier alpha value is -1.55. The van der Waals surface area contributed by atoms with Crippen molar-refractivity contribution >= 4 is 29.1 Å². The first-order chi connectivity index (χ1) is 10.1. The van der Waals surface area contributed by atoms with Crippen LogP contribution in [-0.4, -0.2) is 23.4 Å². The van der Waals surface area contributed by atoms with Crippen molar-refractivity contribution in [3.05, 3.63) is 29.3 Å². The molecule has 1 aromatic carbocycles. The zero-order valence-corrected chi connectivity index (χ0v) is 12.8. The van der Waals surface area contributed by atoms with Crippen molar-refractivity contribution in [1.29, 1.82) is 0 Å². The van der Waals surface area contributed by atoms with Crippen LogP contribution in [0.15, 0.2) is 24.3 Å². The molecule has 1 saturated heterocycles. The zero-order chi connectivity index (χ0) is 15.0. The van der Waals surface area contributed by atoms with Gasteiger partial charge in [-0.2, -0.15) is 0 Å². The second-order valence-electron chi connectivity index (χ2n) is 6.08. The Balaban J connectivity index is 1.68. The standard InChI is InChI=1S/C16H19ClN2O2/c1-10-5-6-13-14(7-10)16(21)19(15(13)20)9-18-12-4-2-3-11(17)8-12/h2-4,8,10,13-14,18H,5-7,9H2,1H3/t10-,13+,14+/m0/s1. The van der Waals surface area contributed by atoms with Crippen molar-refractivity contribution < 1.29 is 9.59 Å². The molecule has 1 heterocycles. The fraction of sp³-hybridized carbons (Fsp3) is 0.500. The largest absolute Gasteiger partial charge is 0.367 e. The van der Waals surface area contributed by atoms with Gasteiger partial charge in [0, 0.05) is 10.7 Å². The fourth-order valence-electron chi connectivity index (χ4n) is 3.38. The average Bonchev–Trinajstić information content (AvgIpc) is 2.69. The van der Waals surface area contributed by atoms with Crippen LogP contribution in [0.4, 0.5) is 5.69 Å². The van der Waals surface area contributed by atoms with Crippen LogP contribution in [0.5, 0.6) is 0 Å². The van der Waals surface area contributed by atoms with Crippen molar-refractivity contribution in [1.82, 2.24) is 4.90 Å². The number of imide groups is 1. The molecule has 1 saturated carbocycles. The lowest BCUT2D eigenvalue weighted by molar-refractivity contribution is -0.139. The van der Waals surface area contributed by atoms with Crippen molar-refractivity contribution in [2.24, 2.45) is 17.8 Å². The van der Waals surface area contributed by atoms with Gasteiger partial charge in [-0.25, -0.2) is 0 Å². The van der Waals surface area contributed by atoms with E-state index >= 15 is 0 Å². The van der Waals surface area contributed by atoms with Gasteiger partial charge in [0.05, 0.1) is 18.5 Å². The van der Waals surface area contributed by atoms with Crippen LogP contribution in [0.1, 0.15) is 26.2 Å². The van der Waals surface area contributed by atoms with Gasteiger partial charge in [-0.1, -0.05) is 24.6 Å². The molecule has 0 unspecified atom stereocenters. The third kappa shape index (κ3) is 2.77. The third-order valence-corrected chi connectivity index (χ3v) is 4.78. The van der Waals surface area contributed by atoms with E-state index in [1.54, 1.807) is 12.1 Å². The molecule has 0 spiro atoms. The summed E-state index contributed by atoms with van der Waals surface area (Å²) in [6.07, 6.45) is 2.71. The minimum Gasteiger partial charge on any atom is -0.367 e. The van der Waals surface area contributed by atoms with Crippen molar-refractivity contribution in [3.8, 4) is 0 Å². The lowest BCUT2D eigenvalue weighted by atomic mass is 9.76. The van der Waals surface area contributed by atoms with Crippen LogP contribution in [-0.2, 0) is 9.59 Å². The molecule has 2 fully saturated rings. The first-order valence-electron chi connectivity index (χ1n) is 7.41. The summed E-state index contributed by atoms with van der Waals surface area (Å²) in [5, 5.41) is 3.74. The molecular weight excluding hydrogens is 288 g/mol. The Labute approximate surface area is 129 Å². The number of rotatable bonds is 3. The van der Waals surface area contributed by atoms with Gasteiger partial charge in [-0.15, -0.1) is 0 Å². The molecule has 5 heteroatoms. The normalized spacial score (nSPS) is 28.7. The van der Waals surface area contributed by atoms with Gasteiger partial charge in [0.15, 0.2) is 0 Å². The zero-order valence-electron chi connectivity index (χ0n) is 12.0. The quantitative estimate of drug-likeness (QED) is 0.873. The van der Waals surface area contributed by atoms with Crippen LogP contribution < -0.4 is 5.32 Å². The number of carbonyl (C=O) groups is 2. The smallest absolute Gasteiger partial charge is 0.234 e. The maximum absolute atomic E-state index is 12.4. The number of amides is 2. The summed E-state index contributed by atoms with van der Waals surface area (Å²) in [6.45, 7) is 2.38. The molecule has 3 rings (SSSR count). The van der Waals surface area contributed by atoms with Crippen LogP contribution in [0, 0.1) is 17.8 Å². The summed E-state index contributed by atoms with van der Waals surface area (Å²) >= 11 is 5.93. The van der Waals surface area contributed by atoms with E-state index in [0.717, 1.165) is 24.9 Å². The Morgan fingerprint density at radius 3 is 2.76 bits per heavy atom. The van der Waals surface area contributed by atoms with Gasteiger partial charge in [0.1, 0.15) is 0 Å². The van der Waals surface area contributed by atoms with Crippen LogP contribution in [0.25, 0.3) is 0 Å². The molecule has 21 heavy (non-hydrogen) atoms. The molecule has 0 radical (unpaired) electrons. The van der Waals surface area contributed by atoms with Crippen LogP contribution in [0.3, 0.4) is 0 Å². The lowest BCUT2D eigenvalue weighted by Crippen LogP contribution is -2.35. The molecule has 0 bridgehead atoms. The van der Waals surface area contributed by atoms with Crippen LogP contribution in [0.2, 0.25) is 5.02 Å². The Morgan fingerprint density at radius 2 is 2.00 bits per heavy atom. The molecule has 2 aliphatic rings. The Morgan fingerprint density at radius 1 is 1.24 bits per heavy atom. The van der Waals surface area contributed by atoms with Crippen molar-refractivity contribution in [3.63, 3.8) is 0 Å². The summed E-state index contributed by atoms with van der Waals surface area (Å²) < 4.78 is 0. The summed E-state index contributed by atoms with van der Waals surface area (Å²) in [5.41, 5.74) is 0.811. The highest BCUT2D eigenvalue weighted by atomic mass is 35.5. The second kappa shape index (κ2) is 5.68. The van der Waals surface area contributed by atoms with Crippen molar-refractivity contribution in [2.75, 3.05) is 12.0 Å². The molecule has 4 nitrogen and oxygen atoms in total. The highest BCUT2D eigenvalue weighted by Crippen LogP contribution is 2.40. The Bertz CT molecular complexity index is 575. The minimum atomic E-state index is -0.109. The van der Waals surface area contributed by atoms with Gasteiger partial charge in [0.25, 0.3) is 0 Å². The number of benzene rings is 1. The number of likely N-dealkylation sites (tertiary alicyclic amines) is 1. The molecule has 1 N–H and O–H groups in total. The molecule has 0 aromatic heterocycles. The van der Waals surface area contributed by atoms with E-state index in [1.807, 2.05) is 12.1 Å². The summed E-state index contributed by atoms with van der Waals surface area (Å²) in [5.74, 6) is 0.276. The topological polar surface area (TPSA) is 49.4 Å². The van der Waals surface area contributed by atoms with Crippen LogP contribution >= 0.6 is 11.6 Å². The van der Waals surface area contributed by atoms with E-state index in [4.69, 9.17) is 11.6 Å². The number of anilines is 1. The van der Waals surface area contributed by atoms with E-state index in [1.165, 1.54) is 4.90 Å². The summed E-state index contributed by atoms with van der Waals surface area (Å²) in [4.78, 5) is 26.2. The number of fused-ring (bicyclic) bond motifs is 1. The van der Waals surface area contributed by atoms with Crippen molar-refractivity contribution in [2.45, 2.75) is 26.2 Å². The predicted octanol–water partition coefficient (Wildman–Crippen LogP) is 3.13. The highest BCUT2D eigenvalue weighted by Gasteiger charge is 2.49. The predicted molar refractivity (Wildman–Crippen MR) is 81.8 cm³/mol. The molecule has 112 valence electrons. The summed E-state index contributed by atoms with van der Waals surface area (Å²) in [6, 6.07) is 7.27. The highest BCUT2D eigenvalue weighted by molar-refractivity contribution is 6.30. The number of halogens is 1. The molecule has 1 aromatic rings. The SMILES string of the molecule is C[C@H]1CC[C@H]2C(=O)N(CNc3cccc(Cl)c3)C(=O)[C@@H]2C1. The van der Waals surface area contributed by atoms with E-state index < -0.39 is 0 Å².